The Hall–Kier alpha value is -4.19. The van der Waals surface area contributed by atoms with Crippen LogP contribution in [-0.4, -0.2) is 70.6 Å². The molecule has 1 aromatic carbocycles. The molecule has 4 aliphatic rings. The Labute approximate surface area is 299 Å². The predicted octanol–water partition coefficient (Wildman–Crippen LogP) is 4.59. The van der Waals surface area contributed by atoms with Crippen LogP contribution in [-0.2, 0) is 28.8 Å². The largest absolute Gasteiger partial charge is 0.461 e. The molecule has 4 amide bonds. The van der Waals surface area contributed by atoms with Crippen LogP contribution in [0.4, 0.5) is 0 Å². The molecule has 0 bridgehead atoms. The van der Waals surface area contributed by atoms with E-state index < -0.39 is 52.6 Å². The van der Waals surface area contributed by atoms with Crippen molar-refractivity contribution >= 4 is 46.1 Å². The molecule has 2 aromatic rings. The van der Waals surface area contributed by atoms with Crippen LogP contribution in [0.15, 0.2) is 34.8 Å². The number of fused-ring (bicyclic) bond motifs is 1. The molecular formula is C39H53N5O7. The van der Waals surface area contributed by atoms with Crippen LogP contribution in [0.25, 0.3) is 16.7 Å². The maximum Gasteiger partial charge on any atom is 0.289 e. The summed E-state index contributed by atoms with van der Waals surface area (Å²) in [6.45, 7) is 9.45. The van der Waals surface area contributed by atoms with Gasteiger partial charge in [-0.1, -0.05) is 71.6 Å². The Kier molecular flexibility index (Phi) is 10.6. The molecule has 1 saturated heterocycles. The normalized spacial score (nSPS) is 23.4. The van der Waals surface area contributed by atoms with Crippen LogP contribution in [0.1, 0.15) is 110 Å². The van der Waals surface area contributed by atoms with Crippen molar-refractivity contribution in [3.05, 3.63) is 41.7 Å². The number of nitrogens with zero attached hydrogens (tertiary/aromatic N) is 1. The highest BCUT2D eigenvalue weighted by atomic mass is 16.7. The van der Waals surface area contributed by atoms with Gasteiger partial charge in [0.05, 0.1) is 18.3 Å². The van der Waals surface area contributed by atoms with E-state index in [9.17, 15) is 24.0 Å². The Balaban J connectivity index is 1.29. The van der Waals surface area contributed by atoms with E-state index in [-0.39, 0.29) is 37.3 Å². The number of hydrogen-bond acceptors (Lipinski definition) is 8. The molecule has 276 valence electrons. The molecular weight excluding hydrogens is 650 g/mol. The lowest BCUT2D eigenvalue weighted by Crippen LogP contribution is -2.59. The van der Waals surface area contributed by atoms with Gasteiger partial charge in [0.25, 0.3) is 5.91 Å². The lowest BCUT2D eigenvalue weighted by atomic mass is 9.84. The lowest BCUT2D eigenvalue weighted by molar-refractivity contribution is -0.145. The second kappa shape index (κ2) is 14.8. The maximum absolute atomic E-state index is 14.7. The zero-order valence-electron chi connectivity index (χ0n) is 30.6. The summed E-state index contributed by atoms with van der Waals surface area (Å²) in [4.78, 5) is 76.1. The molecule has 2 aliphatic carbocycles. The highest BCUT2D eigenvalue weighted by molar-refractivity contribution is 6.38. The van der Waals surface area contributed by atoms with Crippen LogP contribution < -0.4 is 21.4 Å². The quantitative estimate of drug-likeness (QED) is 0.234. The summed E-state index contributed by atoms with van der Waals surface area (Å²) in [5, 5.41) is 9.50. The number of benzene rings is 1. The number of carbonyl (C=O) groups excluding carboxylic acids is 5. The fraction of sp³-hybridized carbons (Fsp3) is 0.615. The number of hydroxylamine groups is 1. The van der Waals surface area contributed by atoms with Gasteiger partial charge in [-0.25, -0.2) is 0 Å². The van der Waals surface area contributed by atoms with Gasteiger partial charge in [-0.3, -0.25) is 34.3 Å². The molecule has 12 nitrogen and oxygen atoms in total. The third-order valence-electron chi connectivity index (χ3n) is 10.7. The van der Waals surface area contributed by atoms with E-state index in [0.29, 0.717) is 24.3 Å². The molecule has 1 spiro atoms. The topological polar surface area (TPSA) is 159 Å². The minimum atomic E-state index is -1.10. The second-order valence-electron chi connectivity index (χ2n) is 16.1. The molecule has 51 heavy (non-hydrogen) atoms. The molecule has 6 rings (SSSR count). The number of Topliss-reactive ketones (excluding diaryl/α,β-unsaturated/α-hetero) is 1. The van der Waals surface area contributed by atoms with Gasteiger partial charge in [0, 0.05) is 29.8 Å². The number of nitrogens with one attached hydrogen (secondary N) is 4. The summed E-state index contributed by atoms with van der Waals surface area (Å²) in [6.07, 6.45) is 10.2. The summed E-state index contributed by atoms with van der Waals surface area (Å²) in [5.74, 6) is -1.57. The summed E-state index contributed by atoms with van der Waals surface area (Å²) in [5.41, 5.74) is 3.49. The number of furan rings is 1. The van der Waals surface area contributed by atoms with Gasteiger partial charge < -0.3 is 25.3 Å². The van der Waals surface area contributed by atoms with Crippen molar-refractivity contribution in [1.29, 1.82) is 0 Å². The summed E-state index contributed by atoms with van der Waals surface area (Å²) < 4.78 is 6.01. The van der Waals surface area contributed by atoms with Crippen molar-refractivity contribution in [2.75, 3.05) is 6.54 Å². The summed E-state index contributed by atoms with van der Waals surface area (Å²) in [7, 11) is 0. The number of aryl methyl sites for hydroxylation is 1. The van der Waals surface area contributed by atoms with E-state index in [4.69, 9.17) is 9.25 Å². The fourth-order valence-electron chi connectivity index (χ4n) is 7.80. The van der Waals surface area contributed by atoms with Crippen LogP contribution >= 0.6 is 0 Å². The van der Waals surface area contributed by atoms with E-state index in [1.165, 1.54) is 11.3 Å². The Morgan fingerprint density at radius 1 is 1.02 bits per heavy atom. The molecule has 0 radical (unpaired) electrons. The summed E-state index contributed by atoms with van der Waals surface area (Å²) >= 11 is 0. The van der Waals surface area contributed by atoms with E-state index in [0.717, 1.165) is 55.1 Å². The van der Waals surface area contributed by atoms with Crippen LogP contribution in [0.2, 0.25) is 0 Å². The monoisotopic (exact) mass is 703 g/mol. The lowest BCUT2D eigenvalue weighted by Gasteiger charge is -2.36. The average Bonchev–Trinajstić information content (AvgIpc) is 3.54. The third kappa shape index (κ3) is 8.16. The minimum absolute atomic E-state index is 0.00568. The van der Waals surface area contributed by atoms with E-state index in [2.05, 4.69) is 21.4 Å². The van der Waals surface area contributed by atoms with E-state index in [1.54, 1.807) is 0 Å². The van der Waals surface area contributed by atoms with Gasteiger partial charge in [-0.05, 0) is 62.5 Å². The number of ketones is 1. The number of amides is 4. The first-order valence-electron chi connectivity index (χ1n) is 18.7. The first-order chi connectivity index (χ1) is 24.3. The number of likely N-dealkylation sites (tertiary alicyclic amines) is 1. The van der Waals surface area contributed by atoms with Crippen molar-refractivity contribution < 1.29 is 33.2 Å². The zero-order valence-corrected chi connectivity index (χ0v) is 30.6. The number of rotatable bonds is 12. The van der Waals surface area contributed by atoms with Gasteiger partial charge in [-0.2, -0.15) is 0 Å². The van der Waals surface area contributed by atoms with Crippen LogP contribution in [0.5, 0.6) is 0 Å². The van der Waals surface area contributed by atoms with Crippen molar-refractivity contribution in [2.24, 2.45) is 11.3 Å². The highest BCUT2D eigenvalue weighted by Gasteiger charge is 2.54. The van der Waals surface area contributed by atoms with E-state index >= 15 is 0 Å². The SMILES string of the molecule is CCC[C@H](NC(=O)[C@@H]1C[C@]2(C=C(c3c(C)oc4ccccc34)NO2)CN1C(=O)[C@@H](NC(=O)CC1CCCCC1)C(C)(C)C)C(=O)C(=O)NC1CC1. The molecule has 4 N–H and O–H groups in total. The van der Waals surface area contributed by atoms with Crippen LogP contribution in [0.3, 0.4) is 0 Å². The highest BCUT2D eigenvalue weighted by Crippen LogP contribution is 2.41. The van der Waals surface area contributed by atoms with E-state index in [1.807, 2.05) is 65.0 Å². The second-order valence-corrected chi connectivity index (χ2v) is 16.1. The summed E-state index contributed by atoms with van der Waals surface area (Å²) in [6, 6.07) is 4.67. The average molecular weight is 704 g/mol. The number of hydrogen-bond donors (Lipinski definition) is 4. The van der Waals surface area contributed by atoms with Gasteiger partial charge >= 0.3 is 0 Å². The smallest absolute Gasteiger partial charge is 0.289 e. The first kappa shape index (κ1) is 36.6. The Bertz CT molecular complexity index is 1700. The zero-order chi connectivity index (χ0) is 36.5. The molecule has 3 fully saturated rings. The number of carbonyl (C=O) groups is 5. The van der Waals surface area contributed by atoms with Crippen LogP contribution in [0, 0.1) is 18.3 Å². The molecule has 12 heteroatoms. The minimum Gasteiger partial charge on any atom is -0.461 e. The van der Waals surface area contributed by atoms with Crippen molar-refractivity contribution in [3.8, 4) is 0 Å². The number of para-hydroxylation sites is 1. The maximum atomic E-state index is 14.7. The van der Waals surface area contributed by atoms with Gasteiger partial charge in [-0.15, -0.1) is 0 Å². The standard InChI is InChI=1S/C39H53N5O7/c1-6-12-27(33(46)36(48)40-25-17-18-25)41-35(47)29-21-39(20-28(43-51-39)32-23(2)50-30-16-11-10-15-26(30)32)22-44(29)37(49)34(38(3,4)5)42-31(45)19-24-13-8-7-9-14-24/h10-11,15-16,20,24-25,27,29,34,43H,6-9,12-14,17-19,21-22H2,1-5H3,(H,40,48)(H,41,47)(H,42,45)/t27-,29-,34+,39+/m0/s1. The van der Waals surface area contributed by atoms with Crippen molar-refractivity contribution in [3.63, 3.8) is 0 Å². The predicted molar refractivity (Wildman–Crippen MR) is 192 cm³/mol. The Morgan fingerprint density at radius 2 is 1.75 bits per heavy atom. The van der Waals surface area contributed by atoms with Gasteiger partial charge in [0.15, 0.2) is 0 Å². The molecule has 3 heterocycles. The molecule has 2 saturated carbocycles. The third-order valence-corrected chi connectivity index (χ3v) is 10.7. The molecule has 0 unspecified atom stereocenters. The molecule has 2 aliphatic heterocycles. The van der Waals surface area contributed by atoms with Crippen molar-refractivity contribution in [1.82, 2.24) is 26.3 Å². The molecule has 1 aromatic heterocycles. The van der Waals surface area contributed by atoms with Gasteiger partial charge in [0.1, 0.15) is 29.0 Å². The molecule has 4 atom stereocenters. The van der Waals surface area contributed by atoms with Crippen molar-refractivity contribution in [2.45, 2.75) is 135 Å². The van der Waals surface area contributed by atoms with Gasteiger partial charge in [0.2, 0.25) is 23.5 Å². The fourth-order valence-corrected chi connectivity index (χ4v) is 7.80. The first-order valence-corrected chi connectivity index (χ1v) is 18.7. The Morgan fingerprint density at radius 3 is 2.43 bits per heavy atom.